The summed E-state index contributed by atoms with van der Waals surface area (Å²) in [6.45, 7) is 2.80. The number of carbonyl (C=O) groups is 1. The molecular weight excluding hydrogens is 198 g/mol. The van der Waals surface area contributed by atoms with Crippen LogP contribution in [-0.2, 0) is 4.79 Å². The van der Waals surface area contributed by atoms with Gasteiger partial charge in [-0.2, -0.15) is 0 Å². The Labute approximate surface area is 99.3 Å². The fourth-order valence-corrected chi connectivity index (χ4v) is 2.10. The summed E-state index contributed by atoms with van der Waals surface area (Å²) < 4.78 is 0. The van der Waals surface area contributed by atoms with Gasteiger partial charge in [-0.05, 0) is 50.1 Å². The van der Waals surface area contributed by atoms with Gasteiger partial charge in [-0.3, -0.25) is 4.79 Å². The number of Topliss-reactive ketones (excluding diaryl/α,β-unsaturated/α-hetero) is 1. The van der Waals surface area contributed by atoms with Gasteiger partial charge in [0, 0.05) is 6.42 Å². The minimum Gasteiger partial charge on any atom is -0.330 e. The first-order valence-corrected chi connectivity index (χ1v) is 6.66. The third-order valence-corrected chi connectivity index (χ3v) is 3.42. The predicted octanol–water partition coefficient (Wildman–Crippen LogP) is 3.21. The van der Waals surface area contributed by atoms with Crippen LogP contribution in [-0.4, -0.2) is 12.3 Å². The molecule has 2 N–H and O–H groups in total. The first-order chi connectivity index (χ1) is 7.74. The van der Waals surface area contributed by atoms with Crippen LogP contribution in [0.4, 0.5) is 0 Å². The van der Waals surface area contributed by atoms with Crippen molar-refractivity contribution in [2.75, 3.05) is 6.54 Å². The molecule has 1 atom stereocenters. The van der Waals surface area contributed by atoms with Gasteiger partial charge in [0.15, 0.2) is 5.78 Å². The number of rotatable bonds is 5. The Balaban J connectivity index is 2.38. The summed E-state index contributed by atoms with van der Waals surface area (Å²) in [5, 5.41) is 0. The van der Waals surface area contributed by atoms with Gasteiger partial charge in [0.2, 0.25) is 0 Å². The highest BCUT2D eigenvalue weighted by molar-refractivity contribution is 5.95. The van der Waals surface area contributed by atoms with E-state index in [0.29, 0.717) is 24.7 Å². The van der Waals surface area contributed by atoms with Crippen molar-refractivity contribution < 1.29 is 4.79 Å². The molecule has 1 aliphatic carbocycles. The number of hydrogen-bond acceptors (Lipinski definition) is 2. The van der Waals surface area contributed by atoms with Gasteiger partial charge in [0.05, 0.1) is 0 Å². The number of allylic oxidation sites excluding steroid dienone is 2. The maximum Gasteiger partial charge on any atom is 0.158 e. The van der Waals surface area contributed by atoms with Crippen LogP contribution in [0.1, 0.15) is 58.3 Å². The molecule has 1 rings (SSSR count). The van der Waals surface area contributed by atoms with Crippen molar-refractivity contribution in [2.45, 2.75) is 58.3 Å². The maximum atomic E-state index is 12.0. The van der Waals surface area contributed by atoms with E-state index in [4.69, 9.17) is 5.73 Å². The molecule has 0 saturated carbocycles. The summed E-state index contributed by atoms with van der Waals surface area (Å²) >= 11 is 0. The van der Waals surface area contributed by atoms with E-state index in [1.165, 1.54) is 25.7 Å². The molecule has 0 fully saturated rings. The van der Waals surface area contributed by atoms with Gasteiger partial charge in [-0.25, -0.2) is 0 Å². The number of ketones is 1. The summed E-state index contributed by atoms with van der Waals surface area (Å²) in [4.78, 5) is 12.0. The zero-order valence-electron chi connectivity index (χ0n) is 10.5. The Bertz CT molecular complexity index is 245. The molecule has 0 aliphatic heterocycles. The van der Waals surface area contributed by atoms with Gasteiger partial charge in [0.25, 0.3) is 0 Å². The average Bonchev–Trinajstić information content (AvgIpc) is 2.25. The molecule has 0 saturated heterocycles. The lowest BCUT2D eigenvalue weighted by Gasteiger charge is -2.12. The van der Waals surface area contributed by atoms with E-state index < -0.39 is 0 Å². The number of nitrogens with two attached hydrogens (primary N) is 1. The molecule has 16 heavy (non-hydrogen) atoms. The number of carbonyl (C=O) groups excluding carboxylic acids is 1. The van der Waals surface area contributed by atoms with Crippen LogP contribution in [0.5, 0.6) is 0 Å². The summed E-state index contributed by atoms with van der Waals surface area (Å²) in [6.07, 6.45) is 10.9. The smallest absolute Gasteiger partial charge is 0.158 e. The zero-order chi connectivity index (χ0) is 11.8. The van der Waals surface area contributed by atoms with E-state index in [1.807, 2.05) is 0 Å². The van der Waals surface area contributed by atoms with Crippen molar-refractivity contribution in [3.63, 3.8) is 0 Å². The molecule has 0 aromatic carbocycles. The quantitative estimate of drug-likeness (QED) is 0.777. The normalized spacial score (nSPS) is 19.5. The van der Waals surface area contributed by atoms with Crippen LogP contribution in [0, 0.1) is 5.92 Å². The van der Waals surface area contributed by atoms with Crippen LogP contribution < -0.4 is 5.73 Å². The summed E-state index contributed by atoms with van der Waals surface area (Å²) in [6, 6.07) is 0. The van der Waals surface area contributed by atoms with Crippen LogP contribution in [0.25, 0.3) is 0 Å². The minimum atomic E-state index is 0.363. The molecule has 0 radical (unpaired) electrons. The van der Waals surface area contributed by atoms with Crippen molar-refractivity contribution in [1.29, 1.82) is 0 Å². The monoisotopic (exact) mass is 223 g/mol. The molecule has 0 heterocycles. The Kier molecular flexibility index (Phi) is 6.39. The summed E-state index contributed by atoms with van der Waals surface area (Å²) in [7, 11) is 0. The molecule has 0 bridgehead atoms. The second-order valence-corrected chi connectivity index (χ2v) is 4.98. The largest absolute Gasteiger partial charge is 0.330 e. The van der Waals surface area contributed by atoms with Crippen molar-refractivity contribution in [3.8, 4) is 0 Å². The van der Waals surface area contributed by atoms with Crippen LogP contribution in [0.15, 0.2) is 11.6 Å². The fourth-order valence-electron chi connectivity index (χ4n) is 2.10. The molecule has 2 nitrogen and oxygen atoms in total. The Morgan fingerprint density at radius 1 is 1.38 bits per heavy atom. The third kappa shape index (κ3) is 4.93. The summed E-state index contributed by atoms with van der Waals surface area (Å²) in [5.74, 6) is 0.834. The molecule has 0 aromatic heterocycles. The summed E-state index contributed by atoms with van der Waals surface area (Å²) in [5.41, 5.74) is 6.64. The average molecular weight is 223 g/mol. The third-order valence-electron chi connectivity index (χ3n) is 3.42. The van der Waals surface area contributed by atoms with Crippen LogP contribution in [0.2, 0.25) is 0 Å². The van der Waals surface area contributed by atoms with Crippen molar-refractivity contribution in [3.05, 3.63) is 11.6 Å². The highest BCUT2D eigenvalue weighted by Gasteiger charge is 2.11. The first kappa shape index (κ1) is 13.4. The molecule has 0 aromatic rings. The lowest BCUT2D eigenvalue weighted by molar-refractivity contribution is -0.116. The molecule has 1 unspecified atom stereocenters. The van der Waals surface area contributed by atoms with Crippen molar-refractivity contribution >= 4 is 5.78 Å². The maximum absolute atomic E-state index is 12.0. The fraction of sp³-hybridized carbons (Fsp3) is 0.786. The van der Waals surface area contributed by atoms with Gasteiger partial charge in [-0.15, -0.1) is 0 Å². The molecule has 0 amide bonds. The van der Waals surface area contributed by atoms with E-state index in [1.54, 1.807) is 0 Å². The molecular formula is C14H25NO. The zero-order valence-corrected chi connectivity index (χ0v) is 10.5. The van der Waals surface area contributed by atoms with Crippen molar-refractivity contribution in [1.82, 2.24) is 0 Å². The Morgan fingerprint density at radius 2 is 2.12 bits per heavy atom. The SMILES string of the molecule is CC(CN)CCC(=O)C1=CCCCCCC1. The highest BCUT2D eigenvalue weighted by Crippen LogP contribution is 2.19. The van der Waals surface area contributed by atoms with E-state index in [0.717, 1.165) is 24.8 Å². The van der Waals surface area contributed by atoms with E-state index >= 15 is 0 Å². The number of hydrogen-bond donors (Lipinski definition) is 1. The van der Waals surface area contributed by atoms with E-state index in [9.17, 15) is 4.79 Å². The van der Waals surface area contributed by atoms with Crippen LogP contribution in [0.3, 0.4) is 0 Å². The standard InChI is InChI=1S/C14H25NO/c1-12(11-15)9-10-14(16)13-7-5-3-2-4-6-8-13/h7,12H,2-6,8-11,15H2,1H3. The molecule has 0 spiro atoms. The predicted molar refractivity (Wildman–Crippen MR) is 68.2 cm³/mol. The lowest BCUT2D eigenvalue weighted by atomic mass is 9.93. The van der Waals surface area contributed by atoms with Gasteiger partial charge >= 0.3 is 0 Å². The Hall–Kier alpha value is -0.630. The molecule has 92 valence electrons. The van der Waals surface area contributed by atoms with Gasteiger partial charge in [0.1, 0.15) is 0 Å². The minimum absolute atomic E-state index is 0.363. The van der Waals surface area contributed by atoms with E-state index in [2.05, 4.69) is 13.0 Å². The Morgan fingerprint density at radius 3 is 2.88 bits per heavy atom. The molecule has 2 heteroatoms. The topological polar surface area (TPSA) is 43.1 Å². The second-order valence-electron chi connectivity index (χ2n) is 4.98. The second kappa shape index (κ2) is 7.61. The van der Waals surface area contributed by atoms with Crippen LogP contribution >= 0.6 is 0 Å². The first-order valence-electron chi connectivity index (χ1n) is 6.66. The molecule has 1 aliphatic rings. The van der Waals surface area contributed by atoms with Gasteiger partial charge in [-0.1, -0.05) is 25.8 Å². The van der Waals surface area contributed by atoms with Crippen molar-refractivity contribution in [2.24, 2.45) is 11.7 Å². The lowest BCUT2D eigenvalue weighted by Crippen LogP contribution is -2.13. The highest BCUT2D eigenvalue weighted by atomic mass is 16.1. The van der Waals surface area contributed by atoms with Gasteiger partial charge < -0.3 is 5.73 Å². The van der Waals surface area contributed by atoms with E-state index in [-0.39, 0.29) is 0 Å².